The van der Waals surface area contributed by atoms with Crippen LogP contribution >= 0.6 is 0 Å². The highest BCUT2D eigenvalue weighted by Crippen LogP contribution is 2.37. The van der Waals surface area contributed by atoms with E-state index in [1.807, 2.05) is 37.7 Å². The number of hydrogen-bond donors (Lipinski definition) is 0. The smallest absolute Gasteiger partial charge is 0.149 e. The second-order valence-electron chi connectivity index (χ2n) is 7.88. The molecule has 4 heterocycles. The van der Waals surface area contributed by atoms with Gasteiger partial charge in [-0.2, -0.15) is 5.10 Å². The highest BCUT2D eigenvalue weighted by atomic mass is 16.1. The minimum absolute atomic E-state index is 0.196. The summed E-state index contributed by atoms with van der Waals surface area (Å²) >= 11 is 0. The third kappa shape index (κ3) is 3.26. The number of rotatable bonds is 4. The quantitative estimate of drug-likeness (QED) is 0.748. The van der Waals surface area contributed by atoms with Gasteiger partial charge in [0.05, 0.1) is 24.5 Å². The van der Waals surface area contributed by atoms with Gasteiger partial charge in [0.25, 0.3) is 0 Å². The zero-order chi connectivity index (χ0) is 19.8. The monoisotopic (exact) mass is 388 g/mol. The van der Waals surface area contributed by atoms with Gasteiger partial charge in [0.1, 0.15) is 23.5 Å². The van der Waals surface area contributed by atoms with Gasteiger partial charge in [0, 0.05) is 24.5 Å². The zero-order valence-corrected chi connectivity index (χ0v) is 16.5. The molecular formula is C22H24N6O. The third-order valence-electron chi connectivity index (χ3n) is 5.91. The number of carbonyl (C=O) groups excluding carboxylic acids is 1. The maximum atomic E-state index is 11.1. The first kappa shape index (κ1) is 17.8. The molecule has 7 heteroatoms. The van der Waals surface area contributed by atoms with Crippen LogP contribution in [0.5, 0.6) is 0 Å². The molecule has 2 aromatic rings. The summed E-state index contributed by atoms with van der Waals surface area (Å²) in [6, 6.07) is 4.41. The Morgan fingerprint density at radius 1 is 1.17 bits per heavy atom. The van der Waals surface area contributed by atoms with Crippen LogP contribution in [-0.4, -0.2) is 38.8 Å². The Kier molecular flexibility index (Phi) is 4.50. The number of fused-ring (bicyclic) bond motifs is 1. The van der Waals surface area contributed by atoms with Gasteiger partial charge in [-0.3, -0.25) is 14.7 Å². The van der Waals surface area contributed by atoms with E-state index in [2.05, 4.69) is 43.0 Å². The lowest BCUT2D eigenvalue weighted by Gasteiger charge is -2.30. The number of hydrazine groups is 1. The van der Waals surface area contributed by atoms with Crippen LogP contribution in [0, 0.1) is 12.8 Å². The van der Waals surface area contributed by atoms with Gasteiger partial charge in [-0.05, 0) is 56.4 Å². The average Bonchev–Trinajstić information content (AvgIpc) is 3.39. The van der Waals surface area contributed by atoms with Crippen molar-refractivity contribution in [3.63, 3.8) is 0 Å². The molecule has 0 aromatic carbocycles. The fourth-order valence-corrected chi connectivity index (χ4v) is 4.25. The van der Waals surface area contributed by atoms with Crippen molar-refractivity contribution in [2.24, 2.45) is 10.9 Å². The van der Waals surface area contributed by atoms with Crippen LogP contribution in [-0.2, 0) is 4.79 Å². The number of aldehydes is 1. The van der Waals surface area contributed by atoms with Crippen LogP contribution in [0.2, 0.25) is 0 Å². The minimum atomic E-state index is 0.196. The Labute approximate surface area is 170 Å². The topological polar surface area (TPSA) is 66.6 Å². The summed E-state index contributed by atoms with van der Waals surface area (Å²) in [7, 11) is 0. The SMILES string of the molecule is Cc1ccc(-c2nn(C3CCC(C=O)CC3)cc2N2CC=C3N=CC=CN32)nc1. The van der Waals surface area contributed by atoms with E-state index in [1.54, 1.807) is 0 Å². The zero-order valence-electron chi connectivity index (χ0n) is 16.5. The van der Waals surface area contributed by atoms with Gasteiger partial charge >= 0.3 is 0 Å². The number of allylic oxidation sites excluding steroid dienone is 1. The van der Waals surface area contributed by atoms with Crippen molar-refractivity contribution >= 4 is 18.2 Å². The predicted molar refractivity (Wildman–Crippen MR) is 112 cm³/mol. The Bertz CT molecular complexity index is 995. The Morgan fingerprint density at radius 2 is 2.03 bits per heavy atom. The van der Waals surface area contributed by atoms with Gasteiger partial charge in [0.2, 0.25) is 0 Å². The highest BCUT2D eigenvalue weighted by molar-refractivity contribution is 5.76. The van der Waals surface area contributed by atoms with Crippen LogP contribution in [0.1, 0.15) is 37.3 Å². The molecule has 0 spiro atoms. The maximum Gasteiger partial charge on any atom is 0.149 e. The normalized spacial score (nSPS) is 23.3. The fraction of sp³-hybridized carbons (Fsp3) is 0.364. The molecule has 2 aliphatic heterocycles. The summed E-state index contributed by atoms with van der Waals surface area (Å²) in [6.07, 6.45) is 16.8. The molecule has 7 nitrogen and oxygen atoms in total. The first-order valence-corrected chi connectivity index (χ1v) is 10.2. The number of anilines is 1. The van der Waals surface area contributed by atoms with Crippen molar-refractivity contribution in [3.05, 3.63) is 54.3 Å². The van der Waals surface area contributed by atoms with Crippen molar-refractivity contribution in [2.45, 2.75) is 38.6 Å². The van der Waals surface area contributed by atoms with E-state index in [-0.39, 0.29) is 5.92 Å². The summed E-state index contributed by atoms with van der Waals surface area (Å²) in [5, 5.41) is 9.22. The Balaban J connectivity index is 1.51. The number of hydrogen-bond acceptors (Lipinski definition) is 6. The first-order valence-electron chi connectivity index (χ1n) is 10.2. The van der Waals surface area contributed by atoms with E-state index in [0.717, 1.165) is 67.0 Å². The maximum absolute atomic E-state index is 11.1. The molecule has 3 aliphatic rings. The van der Waals surface area contributed by atoms with Gasteiger partial charge in [-0.25, -0.2) is 10.0 Å². The van der Waals surface area contributed by atoms with Crippen molar-refractivity contribution in [3.8, 4) is 11.4 Å². The molecule has 0 amide bonds. The van der Waals surface area contributed by atoms with Crippen molar-refractivity contribution in [2.75, 3.05) is 11.6 Å². The molecule has 148 valence electrons. The summed E-state index contributed by atoms with van der Waals surface area (Å²) in [4.78, 5) is 20.2. The number of aliphatic imine (C=N–C) groups is 1. The molecule has 0 radical (unpaired) electrons. The molecule has 1 aliphatic carbocycles. The lowest BCUT2D eigenvalue weighted by atomic mass is 9.87. The minimum Gasteiger partial charge on any atom is -0.303 e. The molecule has 2 aromatic heterocycles. The first-order chi connectivity index (χ1) is 14.2. The second-order valence-corrected chi connectivity index (χ2v) is 7.88. The van der Waals surface area contributed by atoms with Crippen molar-refractivity contribution in [1.29, 1.82) is 0 Å². The van der Waals surface area contributed by atoms with E-state index in [1.165, 1.54) is 0 Å². The van der Waals surface area contributed by atoms with Gasteiger partial charge in [0.15, 0.2) is 0 Å². The molecule has 0 saturated heterocycles. The molecule has 0 bridgehead atoms. The number of pyridine rings is 1. The molecule has 5 rings (SSSR count). The van der Waals surface area contributed by atoms with E-state index < -0.39 is 0 Å². The Hall–Kier alpha value is -3.22. The largest absolute Gasteiger partial charge is 0.303 e. The van der Waals surface area contributed by atoms with E-state index in [4.69, 9.17) is 5.10 Å². The van der Waals surface area contributed by atoms with Crippen LogP contribution in [0.3, 0.4) is 0 Å². The summed E-state index contributed by atoms with van der Waals surface area (Å²) < 4.78 is 2.09. The van der Waals surface area contributed by atoms with Gasteiger partial charge < -0.3 is 4.79 Å². The lowest BCUT2D eigenvalue weighted by molar-refractivity contribution is -0.112. The highest BCUT2D eigenvalue weighted by Gasteiger charge is 2.30. The lowest BCUT2D eigenvalue weighted by Crippen LogP contribution is -2.34. The van der Waals surface area contributed by atoms with Crippen LogP contribution in [0.15, 0.2) is 53.7 Å². The summed E-state index contributed by atoms with van der Waals surface area (Å²) in [5.74, 6) is 1.12. The van der Waals surface area contributed by atoms with Crippen LogP contribution in [0.25, 0.3) is 11.4 Å². The van der Waals surface area contributed by atoms with Gasteiger partial charge in [-0.1, -0.05) is 6.07 Å². The molecule has 29 heavy (non-hydrogen) atoms. The predicted octanol–water partition coefficient (Wildman–Crippen LogP) is 3.66. The van der Waals surface area contributed by atoms with Gasteiger partial charge in [-0.15, -0.1) is 0 Å². The molecule has 0 atom stereocenters. The van der Waals surface area contributed by atoms with Crippen LogP contribution in [0.4, 0.5) is 5.69 Å². The number of aryl methyl sites for hydroxylation is 1. The van der Waals surface area contributed by atoms with Crippen LogP contribution < -0.4 is 5.01 Å². The standard InChI is InChI=1S/C22H24N6O/c1-16-3-8-19(24-13-16)22-20(27-12-9-21-23-10-2-11-28(21)27)14-26(25-22)18-6-4-17(15-29)5-7-18/h2-3,8-11,13-15,17-18H,4-7,12H2,1H3. The molecule has 0 unspecified atom stereocenters. The molecule has 1 fully saturated rings. The fourth-order valence-electron chi connectivity index (χ4n) is 4.25. The Morgan fingerprint density at radius 3 is 2.79 bits per heavy atom. The molecule has 0 N–H and O–H groups in total. The van der Waals surface area contributed by atoms with Crippen molar-refractivity contribution in [1.82, 2.24) is 19.8 Å². The van der Waals surface area contributed by atoms with E-state index >= 15 is 0 Å². The summed E-state index contributed by atoms with van der Waals surface area (Å²) in [5.41, 5.74) is 3.89. The third-order valence-corrected chi connectivity index (χ3v) is 5.91. The second kappa shape index (κ2) is 7.31. The van der Waals surface area contributed by atoms with Crippen molar-refractivity contribution < 1.29 is 4.79 Å². The molecule has 1 saturated carbocycles. The summed E-state index contributed by atoms with van der Waals surface area (Å²) in [6.45, 7) is 2.77. The van der Waals surface area contributed by atoms with E-state index in [9.17, 15) is 4.79 Å². The number of nitrogens with zero attached hydrogens (tertiary/aromatic N) is 6. The van der Waals surface area contributed by atoms with E-state index in [0.29, 0.717) is 6.04 Å². The number of aromatic nitrogens is 3. The average molecular weight is 388 g/mol. The number of carbonyl (C=O) groups is 1. The molecular weight excluding hydrogens is 364 g/mol.